The third-order valence-electron chi connectivity index (χ3n) is 3.58. The molecule has 1 unspecified atom stereocenters. The molecule has 1 N–H and O–H groups in total. The molecule has 0 saturated carbocycles. The fourth-order valence-electron chi connectivity index (χ4n) is 2.55. The first-order valence-corrected chi connectivity index (χ1v) is 7.16. The van der Waals surface area contributed by atoms with Crippen LogP contribution in [0.25, 0.3) is 6.08 Å². The minimum Gasteiger partial charge on any atom is -0.481 e. The highest BCUT2D eigenvalue weighted by atomic mass is 35.5. The molecule has 0 spiro atoms. The van der Waals surface area contributed by atoms with Crippen LogP contribution >= 0.6 is 11.6 Å². The maximum atomic E-state index is 11.5. The molecule has 1 aliphatic rings. The van der Waals surface area contributed by atoms with E-state index in [2.05, 4.69) is 0 Å². The lowest BCUT2D eigenvalue weighted by Crippen LogP contribution is -2.07. The van der Waals surface area contributed by atoms with Crippen molar-refractivity contribution in [1.29, 1.82) is 0 Å². The van der Waals surface area contributed by atoms with E-state index in [-0.39, 0.29) is 5.78 Å². The van der Waals surface area contributed by atoms with Crippen LogP contribution < -0.4 is 0 Å². The first-order valence-electron chi connectivity index (χ1n) is 6.79. The average molecular weight is 293 g/mol. The number of fused-ring (bicyclic) bond motifs is 1. The van der Waals surface area contributed by atoms with E-state index in [0.717, 1.165) is 29.5 Å². The van der Waals surface area contributed by atoms with Crippen LogP contribution in [0.3, 0.4) is 0 Å². The van der Waals surface area contributed by atoms with Crippen LogP contribution in [0.2, 0.25) is 5.02 Å². The maximum Gasteiger partial charge on any atom is 0.310 e. The van der Waals surface area contributed by atoms with E-state index in [0.29, 0.717) is 17.9 Å². The summed E-state index contributed by atoms with van der Waals surface area (Å²) in [6.45, 7) is 1.96. The summed E-state index contributed by atoms with van der Waals surface area (Å²) in [6, 6.07) is 3.63. The third-order valence-corrected chi connectivity index (χ3v) is 3.91. The Bertz CT molecular complexity index is 575. The Kier molecular flexibility index (Phi) is 4.61. The monoisotopic (exact) mass is 292 g/mol. The Hall–Kier alpha value is -1.61. The zero-order valence-electron chi connectivity index (χ0n) is 11.4. The number of carbonyl (C=O) groups excluding carboxylic acids is 1. The minimum absolute atomic E-state index is 0.0764. The van der Waals surface area contributed by atoms with Gasteiger partial charge in [-0.1, -0.05) is 18.5 Å². The molecule has 20 heavy (non-hydrogen) atoms. The topological polar surface area (TPSA) is 54.4 Å². The number of aliphatic carboxylic acids is 1. The summed E-state index contributed by atoms with van der Waals surface area (Å²) in [7, 11) is 0. The van der Waals surface area contributed by atoms with Crippen molar-refractivity contribution in [2.75, 3.05) is 0 Å². The number of allylic oxidation sites excluding steroid dienone is 1. The number of aryl methyl sites for hydroxylation is 1. The highest BCUT2D eigenvalue weighted by molar-refractivity contribution is 6.32. The van der Waals surface area contributed by atoms with E-state index in [1.54, 1.807) is 18.2 Å². The van der Waals surface area contributed by atoms with E-state index >= 15 is 0 Å². The second-order valence-electron chi connectivity index (χ2n) is 5.05. The Balaban J connectivity index is 2.26. The number of ketones is 1. The van der Waals surface area contributed by atoms with Crippen LogP contribution in [-0.4, -0.2) is 16.9 Å². The molecule has 0 aliphatic heterocycles. The lowest BCUT2D eigenvalue weighted by Gasteiger charge is -2.08. The number of hydrogen-bond donors (Lipinski definition) is 1. The maximum absolute atomic E-state index is 11.5. The minimum atomic E-state index is -0.804. The molecule has 1 aliphatic carbocycles. The molecule has 0 amide bonds. The van der Waals surface area contributed by atoms with Gasteiger partial charge >= 0.3 is 5.97 Å². The van der Waals surface area contributed by atoms with Crippen molar-refractivity contribution in [3.05, 3.63) is 39.9 Å². The lowest BCUT2D eigenvalue weighted by molar-refractivity contribution is -0.138. The van der Waals surface area contributed by atoms with Crippen molar-refractivity contribution in [3.8, 4) is 0 Å². The summed E-state index contributed by atoms with van der Waals surface area (Å²) in [5, 5.41) is 9.65. The van der Waals surface area contributed by atoms with Crippen LogP contribution in [0, 0.1) is 0 Å². The molecule has 0 aromatic heterocycles. The van der Waals surface area contributed by atoms with Crippen LogP contribution in [0.5, 0.6) is 0 Å². The molecule has 1 aromatic rings. The van der Waals surface area contributed by atoms with Gasteiger partial charge in [0.15, 0.2) is 5.78 Å². The van der Waals surface area contributed by atoms with Gasteiger partial charge in [0.05, 0.1) is 5.92 Å². The lowest BCUT2D eigenvalue weighted by atomic mass is 9.99. The van der Waals surface area contributed by atoms with E-state index < -0.39 is 11.9 Å². The quantitative estimate of drug-likeness (QED) is 0.839. The Morgan fingerprint density at radius 1 is 1.45 bits per heavy atom. The molecule has 2 rings (SSSR count). The van der Waals surface area contributed by atoms with Gasteiger partial charge in [0.1, 0.15) is 0 Å². The molecular formula is C16H17ClO3. The van der Waals surface area contributed by atoms with Gasteiger partial charge in [0, 0.05) is 11.4 Å². The molecule has 4 heteroatoms. The van der Waals surface area contributed by atoms with Crippen LogP contribution in [0.1, 0.15) is 48.8 Å². The molecule has 3 nitrogen and oxygen atoms in total. The molecule has 0 bridgehead atoms. The number of rotatable bonds is 5. The van der Waals surface area contributed by atoms with E-state index in [9.17, 15) is 9.59 Å². The summed E-state index contributed by atoms with van der Waals surface area (Å²) < 4.78 is 0. The van der Waals surface area contributed by atoms with Gasteiger partial charge in [-0.2, -0.15) is 0 Å². The number of carboxylic acid groups (broad SMARTS) is 1. The number of carboxylic acids is 1. The Morgan fingerprint density at radius 3 is 2.85 bits per heavy atom. The van der Waals surface area contributed by atoms with Crippen molar-refractivity contribution >= 4 is 29.4 Å². The van der Waals surface area contributed by atoms with Gasteiger partial charge in [0.25, 0.3) is 0 Å². The van der Waals surface area contributed by atoms with Crippen LogP contribution in [-0.2, 0) is 16.0 Å². The molecular weight excluding hydrogens is 276 g/mol. The normalized spacial score (nSPS) is 17.4. The molecule has 0 saturated heterocycles. The van der Waals surface area contributed by atoms with Gasteiger partial charge in [-0.3, -0.25) is 9.59 Å². The molecule has 0 fully saturated rings. The third kappa shape index (κ3) is 3.10. The van der Waals surface area contributed by atoms with Crippen molar-refractivity contribution in [1.82, 2.24) is 0 Å². The predicted octanol–water partition coefficient (Wildman–Crippen LogP) is 3.84. The van der Waals surface area contributed by atoms with Crippen LogP contribution in [0.15, 0.2) is 18.2 Å². The van der Waals surface area contributed by atoms with Crippen molar-refractivity contribution < 1.29 is 14.7 Å². The van der Waals surface area contributed by atoms with Gasteiger partial charge in [-0.15, -0.1) is 0 Å². The van der Waals surface area contributed by atoms with E-state index in [1.807, 2.05) is 13.0 Å². The number of halogens is 1. The smallest absolute Gasteiger partial charge is 0.310 e. The molecule has 1 atom stereocenters. The van der Waals surface area contributed by atoms with Crippen molar-refractivity contribution in [2.24, 2.45) is 0 Å². The molecule has 0 radical (unpaired) electrons. The predicted molar refractivity (Wildman–Crippen MR) is 79.1 cm³/mol. The van der Waals surface area contributed by atoms with Gasteiger partial charge < -0.3 is 5.11 Å². The molecule has 1 aromatic carbocycles. The second-order valence-corrected chi connectivity index (χ2v) is 5.46. The van der Waals surface area contributed by atoms with Gasteiger partial charge in [0.2, 0.25) is 0 Å². The summed E-state index contributed by atoms with van der Waals surface area (Å²) >= 11 is 6.18. The molecule has 0 heterocycles. The first kappa shape index (κ1) is 14.8. The highest BCUT2D eigenvalue weighted by Crippen LogP contribution is 2.36. The SMILES string of the molecule is CCCC(=O)C=Cc1cc2c(cc1Cl)C(C(=O)O)CC2. The van der Waals surface area contributed by atoms with E-state index in [4.69, 9.17) is 16.7 Å². The van der Waals surface area contributed by atoms with Crippen molar-refractivity contribution in [2.45, 2.75) is 38.5 Å². The highest BCUT2D eigenvalue weighted by Gasteiger charge is 2.29. The zero-order valence-corrected chi connectivity index (χ0v) is 12.1. The standard InChI is InChI=1S/C16H17ClO3/c1-2-3-12(18)6-4-11-8-10-5-7-13(16(19)20)14(10)9-15(11)17/h4,6,8-9,13H,2-3,5,7H2,1H3,(H,19,20). The summed E-state index contributed by atoms with van der Waals surface area (Å²) in [6.07, 6.45) is 5.97. The van der Waals surface area contributed by atoms with Gasteiger partial charge in [-0.25, -0.2) is 0 Å². The zero-order chi connectivity index (χ0) is 14.7. The van der Waals surface area contributed by atoms with Crippen molar-refractivity contribution in [3.63, 3.8) is 0 Å². The summed E-state index contributed by atoms with van der Waals surface area (Å²) in [5.41, 5.74) is 2.60. The average Bonchev–Trinajstić information content (AvgIpc) is 2.79. The number of benzene rings is 1. The fraction of sp³-hybridized carbons (Fsp3) is 0.375. The first-order chi connectivity index (χ1) is 9.52. The second kappa shape index (κ2) is 6.23. The molecule has 106 valence electrons. The largest absolute Gasteiger partial charge is 0.481 e. The fourth-order valence-corrected chi connectivity index (χ4v) is 2.78. The summed E-state index contributed by atoms with van der Waals surface area (Å²) in [5.74, 6) is -1.18. The number of carbonyl (C=O) groups is 2. The Morgan fingerprint density at radius 2 is 2.20 bits per heavy atom. The summed E-state index contributed by atoms with van der Waals surface area (Å²) in [4.78, 5) is 22.6. The Labute approximate surface area is 123 Å². The van der Waals surface area contributed by atoms with Gasteiger partial charge in [-0.05, 0) is 60.2 Å². The van der Waals surface area contributed by atoms with Crippen LogP contribution in [0.4, 0.5) is 0 Å². The van der Waals surface area contributed by atoms with E-state index in [1.165, 1.54) is 0 Å². The number of hydrogen-bond acceptors (Lipinski definition) is 2.